The van der Waals surface area contributed by atoms with E-state index in [9.17, 15) is 4.79 Å². The van der Waals surface area contributed by atoms with Gasteiger partial charge in [0.05, 0.1) is 10.7 Å². The Balaban J connectivity index is 1.58. The van der Waals surface area contributed by atoms with Crippen LogP contribution in [0.25, 0.3) is 11.3 Å². The van der Waals surface area contributed by atoms with Crippen molar-refractivity contribution < 1.29 is 4.79 Å². The van der Waals surface area contributed by atoms with Crippen molar-refractivity contribution in [2.45, 2.75) is 19.8 Å². The Hall–Kier alpha value is -2.53. The molecule has 0 saturated carbocycles. The van der Waals surface area contributed by atoms with E-state index in [1.165, 1.54) is 0 Å². The van der Waals surface area contributed by atoms with Crippen molar-refractivity contribution in [3.63, 3.8) is 0 Å². The average Bonchev–Trinajstić information content (AvgIpc) is 3.05. The molecule has 4 nitrogen and oxygen atoms in total. The third-order valence-electron chi connectivity index (χ3n) is 3.49. The molecule has 0 bridgehead atoms. The number of carbonyl (C=O) groups is 1. The number of carbonyl (C=O) groups excluding carboxylic acids is 1. The first-order valence-electron chi connectivity index (χ1n) is 7.42. The summed E-state index contributed by atoms with van der Waals surface area (Å²) in [6, 6.07) is 11.7. The minimum atomic E-state index is 0.0115. The molecule has 5 heteroatoms. The fourth-order valence-corrected chi connectivity index (χ4v) is 3.03. The van der Waals surface area contributed by atoms with Crippen molar-refractivity contribution >= 4 is 22.9 Å². The summed E-state index contributed by atoms with van der Waals surface area (Å²) in [5.74, 6) is 0.0115. The Kier molecular flexibility index (Phi) is 4.78. The molecule has 3 aromatic rings. The van der Waals surface area contributed by atoms with E-state index in [0.717, 1.165) is 27.5 Å². The number of amides is 1. The van der Waals surface area contributed by atoms with Crippen LogP contribution in [0, 0.1) is 6.92 Å². The molecule has 2 heterocycles. The molecule has 0 aliphatic carbocycles. The Morgan fingerprint density at radius 1 is 1.22 bits per heavy atom. The average molecular weight is 323 g/mol. The molecule has 23 heavy (non-hydrogen) atoms. The standard InChI is InChI=1S/C18H17N3OS/c1-13-5-2-3-7-15(13)20-17(22)8-9-18-21-16(12-23-18)14-6-4-10-19-11-14/h2-7,10-12H,8-9H2,1H3,(H,20,22). The third-order valence-corrected chi connectivity index (χ3v) is 4.40. The number of aryl methyl sites for hydroxylation is 2. The zero-order valence-electron chi connectivity index (χ0n) is 12.8. The van der Waals surface area contributed by atoms with Crippen LogP contribution in [0.2, 0.25) is 0 Å². The van der Waals surface area contributed by atoms with Crippen molar-refractivity contribution in [3.8, 4) is 11.3 Å². The molecule has 0 atom stereocenters. The van der Waals surface area contributed by atoms with E-state index in [2.05, 4.69) is 15.3 Å². The zero-order valence-corrected chi connectivity index (χ0v) is 13.6. The van der Waals surface area contributed by atoms with Gasteiger partial charge in [-0.15, -0.1) is 11.3 Å². The number of pyridine rings is 1. The Morgan fingerprint density at radius 3 is 2.87 bits per heavy atom. The summed E-state index contributed by atoms with van der Waals surface area (Å²) >= 11 is 1.58. The molecule has 1 aromatic carbocycles. The molecule has 1 N–H and O–H groups in total. The fraction of sp³-hybridized carbons (Fsp3) is 0.167. The number of hydrogen-bond acceptors (Lipinski definition) is 4. The lowest BCUT2D eigenvalue weighted by Gasteiger charge is -2.07. The van der Waals surface area contributed by atoms with Gasteiger partial charge in [-0.1, -0.05) is 18.2 Å². The highest BCUT2D eigenvalue weighted by atomic mass is 32.1. The number of hydrogen-bond donors (Lipinski definition) is 1. The van der Waals surface area contributed by atoms with E-state index in [-0.39, 0.29) is 5.91 Å². The van der Waals surface area contributed by atoms with Crippen molar-refractivity contribution in [2.24, 2.45) is 0 Å². The lowest BCUT2D eigenvalue weighted by Crippen LogP contribution is -2.13. The van der Waals surface area contributed by atoms with Crippen LogP contribution in [-0.4, -0.2) is 15.9 Å². The molecule has 1 amide bonds. The third kappa shape index (κ3) is 4.02. The van der Waals surface area contributed by atoms with Crippen molar-refractivity contribution in [3.05, 3.63) is 64.7 Å². The largest absolute Gasteiger partial charge is 0.326 e. The summed E-state index contributed by atoms with van der Waals surface area (Å²) in [5, 5.41) is 5.91. The first-order valence-corrected chi connectivity index (χ1v) is 8.30. The maximum atomic E-state index is 12.1. The highest BCUT2D eigenvalue weighted by molar-refractivity contribution is 7.09. The molecule has 0 aliphatic heterocycles. The van der Waals surface area contributed by atoms with Crippen molar-refractivity contribution in [1.82, 2.24) is 9.97 Å². The quantitative estimate of drug-likeness (QED) is 0.769. The number of benzene rings is 1. The first kappa shape index (κ1) is 15.4. The minimum Gasteiger partial charge on any atom is -0.326 e. The van der Waals surface area contributed by atoms with E-state index >= 15 is 0 Å². The van der Waals surface area contributed by atoms with Crippen LogP contribution in [0.3, 0.4) is 0 Å². The van der Waals surface area contributed by atoms with Crippen molar-refractivity contribution in [2.75, 3.05) is 5.32 Å². The normalized spacial score (nSPS) is 10.5. The van der Waals surface area contributed by atoms with Gasteiger partial charge in [-0.05, 0) is 30.7 Å². The molecule has 0 radical (unpaired) electrons. The maximum absolute atomic E-state index is 12.1. The second-order valence-corrected chi connectivity index (χ2v) is 6.17. The number of thiazole rings is 1. The Morgan fingerprint density at radius 2 is 2.09 bits per heavy atom. The van der Waals surface area contributed by atoms with E-state index in [1.54, 1.807) is 23.7 Å². The van der Waals surface area contributed by atoms with Crippen LogP contribution in [-0.2, 0) is 11.2 Å². The van der Waals surface area contributed by atoms with E-state index in [0.29, 0.717) is 12.8 Å². The number of rotatable bonds is 5. The Labute approximate surface area is 139 Å². The van der Waals surface area contributed by atoms with Gasteiger partial charge < -0.3 is 5.32 Å². The Bertz CT molecular complexity index is 799. The molecular weight excluding hydrogens is 306 g/mol. The fourth-order valence-electron chi connectivity index (χ4n) is 2.22. The second-order valence-electron chi connectivity index (χ2n) is 5.23. The number of nitrogens with zero attached hydrogens (tertiary/aromatic N) is 2. The van der Waals surface area contributed by atoms with E-state index < -0.39 is 0 Å². The summed E-state index contributed by atoms with van der Waals surface area (Å²) < 4.78 is 0. The van der Waals surface area contributed by atoms with Crippen LogP contribution < -0.4 is 5.32 Å². The summed E-state index contributed by atoms with van der Waals surface area (Å²) in [6.45, 7) is 1.98. The molecule has 0 fully saturated rings. The van der Waals surface area contributed by atoms with E-state index in [4.69, 9.17) is 0 Å². The summed E-state index contributed by atoms with van der Waals surface area (Å²) in [4.78, 5) is 20.7. The maximum Gasteiger partial charge on any atom is 0.224 e. The molecule has 0 unspecified atom stereocenters. The predicted octanol–water partition coefficient (Wildman–Crippen LogP) is 4.08. The molecule has 116 valence electrons. The van der Waals surface area contributed by atoms with Crippen LogP contribution in [0.15, 0.2) is 54.2 Å². The number of aromatic nitrogens is 2. The molecule has 0 saturated heterocycles. The van der Waals surface area contributed by atoms with Gasteiger partial charge in [-0.25, -0.2) is 4.98 Å². The second kappa shape index (κ2) is 7.15. The van der Waals surface area contributed by atoms with Gasteiger partial charge in [0.15, 0.2) is 0 Å². The lowest BCUT2D eigenvalue weighted by molar-refractivity contribution is -0.116. The monoisotopic (exact) mass is 323 g/mol. The molecule has 2 aromatic heterocycles. The first-order chi connectivity index (χ1) is 11.2. The minimum absolute atomic E-state index is 0.0115. The van der Waals surface area contributed by atoms with Gasteiger partial charge in [0, 0.05) is 41.9 Å². The smallest absolute Gasteiger partial charge is 0.224 e. The molecule has 0 spiro atoms. The summed E-state index contributed by atoms with van der Waals surface area (Å²) in [5.41, 5.74) is 3.85. The summed E-state index contributed by atoms with van der Waals surface area (Å²) in [6.07, 6.45) is 4.60. The summed E-state index contributed by atoms with van der Waals surface area (Å²) in [7, 11) is 0. The van der Waals surface area contributed by atoms with Gasteiger partial charge in [-0.3, -0.25) is 9.78 Å². The van der Waals surface area contributed by atoms with Gasteiger partial charge >= 0.3 is 0 Å². The highest BCUT2D eigenvalue weighted by Crippen LogP contribution is 2.22. The SMILES string of the molecule is Cc1ccccc1NC(=O)CCc1nc(-c2cccnc2)cs1. The predicted molar refractivity (Wildman–Crippen MR) is 93.5 cm³/mol. The zero-order chi connectivity index (χ0) is 16.1. The molecule has 3 rings (SSSR count). The lowest BCUT2D eigenvalue weighted by atomic mass is 10.2. The van der Waals surface area contributed by atoms with Crippen LogP contribution in [0.5, 0.6) is 0 Å². The number of para-hydroxylation sites is 1. The molecule has 0 aliphatic rings. The number of anilines is 1. The van der Waals surface area contributed by atoms with Crippen LogP contribution in [0.4, 0.5) is 5.69 Å². The van der Waals surface area contributed by atoms with Gasteiger partial charge in [-0.2, -0.15) is 0 Å². The van der Waals surface area contributed by atoms with Crippen LogP contribution in [0.1, 0.15) is 17.0 Å². The van der Waals surface area contributed by atoms with E-state index in [1.807, 2.05) is 48.7 Å². The highest BCUT2D eigenvalue weighted by Gasteiger charge is 2.08. The van der Waals surface area contributed by atoms with Crippen LogP contribution >= 0.6 is 11.3 Å². The van der Waals surface area contributed by atoms with Crippen molar-refractivity contribution in [1.29, 1.82) is 0 Å². The van der Waals surface area contributed by atoms with Gasteiger partial charge in [0.2, 0.25) is 5.91 Å². The van der Waals surface area contributed by atoms with Gasteiger partial charge in [0.25, 0.3) is 0 Å². The topological polar surface area (TPSA) is 54.9 Å². The van der Waals surface area contributed by atoms with Gasteiger partial charge in [0.1, 0.15) is 0 Å². The molecular formula is C18H17N3OS. The number of nitrogens with one attached hydrogen (secondary N) is 1.